The van der Waals surface area contributed by atoms with Gasteiger partial charge in [-0.15, -0.1) is 0 Å². The summed E-state index contributed by atoms with van der Waals surface area (Å²) in [5.41, 5.74) is 4.96. The van der Waals surface area contributed by atoms with E-state index in [0.717, 1.165) is 43.8 Å². The Bertz CT molecular complexity index is 634. The zero-order valence-corrected chi connectivity index (χ0v) is 16.0. The van der Waals surface area contributed by atoms with Gasteiger partial charge in [0.2, 0.25) is 0 Å². The number of carboxylic acids is 1. The lowest BCUT2D eigenvalue weighted by atomic mass is 10.3. The molecule has 1 aliphatic carbocycles. The molecule has 2 fully saturated rings. The van der Waals surface area contributed by atoms with Crippen LogP contribution in [0, 0.1) is 0 Å². The average Bonchev–Trinajstić information content (AvgIpc) is 3.32. The number of anilines is 1. The Morgan fingerprint density at radius 1 is 1.42 bits per heavy atom. The van der Waals surface area contributed by atoms with Crippen LogP contribution in [0.15, 0.2) is 17.8 Å². The number of aliphatic carboxylic acids is 1. The van der Waals surface area contributed by atoms with E-state index in [1.165, 1.54) is 30.4 Å². The van der Waals surface area contributed by atoms with Gasteiger partial charge in [-0.2, -0.15) is 9.36 Å². The van der Waals surface area contributed by atoms with Gasteiger partial charge in [-0.3, -0.25) is 0 Å². The number of carbonyl (C=O) groups is 1. The molecule has 0 bridgehead atoms. The molecule has 1 aliphatic heterocycles. The number of oxime groups is 1. The molecule has 2 N–H and O–H groups in total. The molecule has 1 saturated heterocycles. The minimum atomic E-state index is -1.47. The molecule has 0 amide bonds. The van der Waals surface area contributed by atoms with E-state index in [4.69, 9.17) is 10.6 Å². The van der Waals surface area contributed by atoms with Crippen LogP contribution in [-0.4, -0.2) is 58.3 Å². The first-order chi connectivity index (χ1) is 12.4. The molecule has 9 heteroatoms. The highest BCUT2D eigenvalue weighted by atomic mass is 32.1. The standard InChI is InChI=1S/C9H12N4O3S.C8H16N/c10-9-11-7(13-17-9)6(8(14)15)12-16-5-3-1-2-4-5;1-3-6-9(2)7-4-5-8-9/h5H,1-4H2,(H,14,15)(H2,10,11,13);3H,1,4-8H2,2H3/q;+1/p-1/b12-6-;. The number of likely N-dealkylation sites (N-methyl/N-ethyl adjacent to an activating group) is 1. The highest BCUT2D eigenvalue weighted by Gasteiger charge is 2.24. The lowest BCUT2D eigenvalue weighted by Gasteiger charge is -2.27. The van der Waals surface area contributed by atoms with E-state index in [9.17, 15) is 9.90 Å². The maximum absolute atomic E-state index is 10.9. The molecule has 0 atom stereocenters. The van der Waals surface area contributed by atoms with Gasteiger partial charge < -0.3 is 25.0 Å². The highest BCUT2D eigenvalue weighted by Crippen LogP contribution is 2.21. The van der Waals surface area contributed by atoms with Crippen LogP contribution in [0.25, 0.3) is 0 Å². The quantitative estimate of drug-likeness (QED) is 0.340. The van der Waals surface area contributed by atoms with Crippen LogP contribution < -0.4 is 10.8 Å². The predicted octanol–water partition coefficient (Wildman–Crippen LogP) is 0.946. The molecule has 1 aromatic rings. The van der Waals surface area contributed by atoms with Gasteiger partial charge in [0, 0.05) is 24.4 Å². The van der Waals surface area contributed by atoms with Crippen LogP contribution in [0.3, 0.4) is 0 Å². The number of rotatable bonds is 6. The SMILES string of the molecule is C=CC[N+]1(C)CCCC1.Nc1nc(/C(=N/OC2CCCC2)C(=O)[O-])ns1. The summed E-state index contributed by atoms with van der Waals surface area (Å²) < 4.78 is 4.98. The van der Waals surface area contributed by atoms with Gasteiger partial charge in [-0.1, -0.05) is 11.7 Å². The Balaban J connectivity index is 0.000000228. The number of carboxylic acid groups (broad SMARTS) is 1. The van der Waals surface area contributed by atoms with Crippen molar-refractivity contribution in [1.82, 2.24) is 9.36 Å². The first-order valence-corrected chi connectivity index (χ1v) is 9.70. The van der Waals surface area contributed by atoms with Gasteiger partial charge >= 0.3 is 0 Å². The molecule has 8 nitrogen and oxygen atoms in total. The van der Waals surface area contributed by atoms with Crippen molar-refractivity contribution in [3.05, 3.63) is 18.5 Å². The molecular weight excluding hydrogens is 354 g/mol. The van der Waals surface area contributed by atoms with Gasteiger partial charge in [0.25, 0.3) is 0 Å². The fourth-order valence-electron chi connectivity index (χ4n) is 3.21. The van der Waals surface area contributed by atoms with Crippen molar-refractivity contribution in [3.63, 3.8) is 0 Å². The third-order valence-corrected chi connectivity index (χ3v) is 5.20. The fourth-order valence-corrected chi connectivity index (χ4v) is 3.65. The minimum absolute atomic E-state index is 0.0275. The average molecular weight is 382 g/mol. The number of quaternary nitrogens is 1. The van der Waals surface area contributed by atoms with Crippen molar-refractivity contribution in [3.8, 4) is 0 Å². The van der Waals surface area contributed by atoms with E-state index >= 15 is 0 Å². The van der Waals surface area contributed by atoms with Crippen molar-refractivity contribution in [2.45, 2.75) is 44.6 Å². The number of nitrogens with two attached hydrogens (primary N) is 1. The zero-order valence-electron chi connectivity index (χ0n) is 15.2. The van der Waals surface area contributed by atoms with Gasteiger partial charge in [0.05, 0.1) is 32.7 Å². The van der Waals surface area contributed by atoms with E-state index in [1.54, 1.807) is 0 Å². The van der Waals surface area contributed by atoms with Gasteiger partial charge in [0.1, 0.15) is 6.10 Å². The molecule has 3 rings (SSSR count). The van der Waals surface area contributed by atoms with Crippen molar-refractivity contribution in [2.24, 2.45) is 5.16 Å². The first-order valence-electron chi connectivity index (χ1n) is 8.93. The van der Waals surface area contributed by atoms with E-state index in [2.05, 4.69) is 28.1 Å². The van der Waals surface area contributed by atoms with Gasteiger partial charge in [-0.05, 0) is 31.8 Å². The Morgan fingerprint density at radius 3 is 2.58 bits per heavy atom. The summed E-state index contributed by atoms with van der Waals surface area (Å²) >= 11 is 0.897. The minimum Gasteiger partial charge on any atom is -0.543 e. The third-order valence-electron chi connectivity index (χ3n) is 4.66. The number of likely N-dealkylation sites (tertiary alicyclic amines) is 1. The summed E-state index contributed by atoms with van der Waals surface area (Å²) in [6.45, 7) is 7.61. The van der Waals surface area contributed by atoms with Crippen LogP contribution >= 0.6 is 11.5 Å². The van der Waals surface area contributed by atoms with Gasteiger partial charge in [-0.25, -0.2) is 0 Å². The van der Waals surface area contributed by atoms with Crippen LogP contribution in [0.2, 0.25) is 0 Å². The topological polar surface area (TPSA) is 114 Å². The Morgan fingerprint density at radius 2 is 2.08 bits per heavy atom. The van der Waals surface area contributed by atoms with Crippen molar-refractivity contribution in [1.29, 1.82) is 0 Å². The monoisotopic (exact) mass is 381 g/mol. The second-order valence-corrected chi connectivity index (χ2v) is 7.72. The predicted molar refractivity (Wildman–Crippen MR) is 99.4 cm³/mol. The van der Waals surface area contributed by atoms with E-state index in [1.807, 2.05) is 6.08 Å². The summed E-state index contributed by atoms with van der Waals surface area (Å²) in [6.07, 6.45) is 8.73. The largest absolute Gasteiger partial charge is 0.543 e. The molecule has 0 unspecified atom stereocenters. The van der Waals surface area contributed by atoms with Crippen LogP contribution in [-0.2, 0) is 9.63 Å². The van der Waals surface area contributed by atoms with E-state index in [0.29, 0.717) is 0 Å². The Labute approximate surface area is 158 Å². The van der Waals surface area contributed by atoms with Gasteiger partial charge in [0.15, 0.2) is 16.7 Å². The Hall–Kier alpha value is -2.00. The molecule has 1 saturated carbocycles. The highest BCUT2D eigenvalue weighted by molar-refractivity contribution is 7.09. The van der Waals surface area contributed by atoms with Crippen molar-refractivity contribution >= 4 is 28.3 Å². The maximum Gasteiger partial charge on any atom is 0.200 e. The number of hydrogen-bond donors (Lipinski definition) is 1. The summed E-state index contributed by atoms with van der Waals surface area (Å²) in [6, 6.07) is 0. The number of nitrogens with zero attached hydrogens (tertiary/aromatic N) is 4. The van der Waals surface area contributed by atoms with E-state index in [-0.39, 0.29) is 17.1 Å². The zero-order chi connectivity index (χ0) is 19.0. The fraction of sp³-hybridized carbons (Fsp3) is 0.647. The van der Waals surface area contributed by atoms with Crippen LogP contribution in [0.1, 0.15) is 44.3 Å². The lowest BCUT2D eigenvalue weighted by Crippen LogP contribution is -2.40. The Kier molecular flexibility index (Phi) is 7.52. The first kappa shape index (κ1) is 20.3. The normalized spacial score (nSPS) is 19.7. The number of aromatic nitrogens is 2. The molecule has 2 aliphatic rings. The maximum atomic E-state index is 10.9. The van der Waals surface area contributed by atoms with Crippen molar-refractivity contribution in [2.75, 3.05) is 32.4 Å². The molecule has 0 radical (unpaired) electrons. The third kappa shape index (κ3) is 6.06. The second kappa shape index (κ2) is 9.63. The number of carbonyl (C=O) groups excluding carboxylic acids is 1. The summed E-state index contributed by atoms with van der Waals surface area (Å²) in [4.78, 5) is 19.7. The molecule has 0 spiro atoms. The number of hydrogen-bond acceptors (Lipinski definition) is 8. The molecular formula is C17H27N5O3S. The number of nitrogen functional groups attached to an aromatic ring is 1. The lowest BCUT2D eigenvalue weighted by molar-refractivity contribution is -0.891. The van der Waals surface area contributed by atoms with E-state index < -0.39 is 11.7 Å². The van der Waals surface area contributed by atoms with Crippen LogP contribution in [0.4, 0.5) is 5.13 Å². The molecule has 1 aromatic heterocycles. The molecule has 26 heavy (non-hydrogen) atoms. The summed E-state index contributed by atoms with van der Waals surface area (Å²) in [7, 11) is 2.31. The molecule has 144 valence electrons. The van der Waals surface area contributed by atoms with Crippen molar-refractivity contribution < 1.29 is 19.2 Å². The smallest absolute Gasteiger partial charge is 0.200 e. The molecule has 2 heterocycles. The molecule has 0 aromatic carbocycles. The summed E-state index contributed by atoms with van der Waals surface area (Å²) in [5.74, 6) is -1.54. The van der Waals surface area contributed by atoms with Crippen LogP contribution in [0.5, 0.6) is 0 Å². The second-order valence-electron chi connectivity index (χ2n) is 6.94. The summed E-state index contributed by atoms with van der Waals surface area (Å²) in [5, 5.41) is 14.6.